The van der Waals surface area contributed by atoms with E-state index >= 15 is 0 Å². The molecule has 0 aromatic heterocycles. The SMILES string of the molecule is CCCCC/C=C/CC/C=C/C(O)C(COC1OC(CO)C(O)C(O)C1O)NC(=O)CCCCCCCCCCCCCCCC/C=C\C/C=C\CCOC(=O)CCCCCCC/C=C\CCCCCCCC. The van der Waals surface area contributed by atoms with Gasteiger partial charge >= 0.3 is 5.97 Å². The van der Waals surface area contributed by atoms with Gasteiger partial charge in [-0.25, -0.2) is 0 Å². The van der Waals surface area contributed by atoms with Crippen LogP contribution in [0.5, 0.6) is 0 Å². The first-order chi connectivity index (χ1) is 35.7. The summed E-state index contributed by atoms with van der Waals surface area (Å²) in [4.78, 5) is 25.0. The fourth-order valence-electron chi connectivity index (χ4n) is 9.05. The van der Waals surface area contributed by atoms with Crippen molar-refractivity contribution in [2.45, 2.75) is 301 Å². The van der Waals surface area contributed by atoms with Crippen molar-refractivity contribution in [3.05, 3.63) is 60.8 Å². The van der Waals surface area contributed by atoms with E-state index in [1.165, 1.54) is 154 Å². The largest absolute Gasteiger partial charge is 0.465 e. The smallest absolute Gasteiger partial charge is 0.305 e. The van der Waals surface area contributed by atoms with E-state index in [1.807, 2.05) is 6.08 Å². The summed E-state index contributed by atoms with van der Waals surface area (Å²) in [5.41, 5.74) is 0. The highest BCUT2D eigenvalue weighted by molar-refractivity contribution is 5.76. The Morgan fingerprint density at radius 3 is 1.47 bits per heavy atom. The molecule has 11 nitrogen and oxygen atoms in total. The van der Waals surface area contributed by atoms with E-state index in [0.29, 0.717) is 19.4 Å². The summed E-state index contributed by atoms with van der Waals surface area (Å²) >= 11 is 0. The fourth-order valence-corrected chi connectivity index (χ4v) is 9.05. The lowest BCUT2D eigenvalue weighted by Gasteiger charge is -2.40. The molecule has 1 amide bonds. The van der Waals surface area contributed by atoms with Gasteiger partial charge < -0.3 is 45.1 Å². The van der Waals surface area contributed by atoms with Gasteiger partial charge in [0.25, 0.3) is 0 Å². The number of esters is 1. The molecule has 0 bridgehead atoms. The first-order valence-electron chi connectivity index (χ1n) is 30.1. The zero-order valence-corrected chi connectivity index (χ0v) is 46.6. The molecule has 0 saturated carbocycles. The first kappa shape index (κ1) is 68.4. The molecule has 1 fully saturated rings. The number of carbonyl (C=O) groups is 2. The van der Waals surface area contributed by atoms with Crippen molar-refractivity contribution < 1.29 is 49.3 Å². The molecule has 0 aromatic rings. The van der Waals surface area contributed by atoms with Crippen LogP contribution in [0.1, 0.15) is 258 Å². The van der Waals surface area contributed by atoms with Crippen LogP contribution in [0.15, 0.2) is 60.8 Å². The molecule has 1 aliphatic heterocycles. The third-order valence-electron chi connectivity index (χ3n) is 13.8. The minimum absolute atomic E-state index is 0.0577. The highest BCUT2D eigenvalue weighted by atomic mass is 16.7. The number of ether oxygens (including phenoxy) is 3. The molecule has 0 radical (unpaired) electrons. The minimum Gasteiger partial charge on any atom is -0.465 e. The van der Waals surface area contributed by atoms with Crippen molar-refractivity contribution in [3.8, 4) is 0 Å². The number of unbranched alkanes of at least 4 members (excludes halogenated alkanes) is 29. The Morgan fingerprint density at radius 2 is 0.932 bits per heavy atom. The zero-order chi connectivity index (χ0) is 53.1. The van der Waals surface area contributed by atoms with Crippen molar-refractivity contribution in [3.63, 3.8) is 0 Å². The third kappa shape index (κ3) is 41.2. The molecule has 0 aliphatic carbocycles. The molecular weight excluding hydrogens is 919 g/mol. The monoisotopic (exact) mass is 1030 g/mol. The molecule has 11 heteroatoms. The number of amides is 1. The van der Waals surface area contributed by atoms with Crippen LogP contribution in [0, 0.1) is 0 Å². The van der Waals surface area contributed by atoms with E-state index in [2.05, 4.69) is 67.8 Å². The number of rotatable bonds is 51. The van der Waals surface area contributed by atoms with E-state index in [-0.39, 0.29) is 18.5 Å². The molecule has 1 aliphatic rings. The summed E-state index contributed by atoms with van der Waals surface area (Å²) in [7, 11) is 0. The van der Waals surface area contributed by atoms with E-state index in [0.717, 1.165) is 77.0 Å². The van der Waals surface area contributed by atoms with Crippen LogP contribution >= 0.6 is 0 Å². The van der Waals surface area contributed by atoms with Crippen LogP contribution in [0.4, 0.5) is 0 Å². The lowest BCUT2D eigenvalue weighted by Crippen LogP contribution is -2.60. The quantitative estimate of drug-likeness (QED) is 0.0195. The Kier molecular flexibility index (Phi) is 48.2. The van der Waals surface area contributed by atoms with Crippen molar-refractivity contribution in [1.82, 2.24) is 5.32 Å². The highest BCUT2D eigenvalue weighted by Gasteiger charge is 2.44. The van der Waals surface area contributed by atoms with Gasteiger partial charge in [0.15, 0.2) is 6.29 Å². The molecule has 1 rings (SSSR count). The van der Waals surface area contributed by atoms with Gasteiger partial charge in [-0.3, -0.25) is 9.59 Å². The van der Waals surface area contributed by atoms with Gasteiger partial charge in [0, 0.05) is 12.8 Å². The number of aliphatic hydroxyl groups is 5. The molecule has 73 heavy (non-hydrogen) atoms. The van der Waals surface area contributed by atoms with Crippen molar-refractivity contribution in [2.75, 3.05) is 19.8 Å². The van der Waals surface area contributed by atoms with E-state index in [9.17, 15) is 35.1 Å². The standard InChI is InChI=1S/C62H111NO10/c1-3-5-7-9-11-13-14-15-23-27-30-34-38-42-46-50-58(67)71-51-47-43-39-35-31-28-25-22-20-18-16-17-19-21-24-26-29-33-37-41-45-49-57(66)63-54(55(65)48-44-40-36-32-12-10-8-6-4-2)53-72-62-61(70)60(69)59(68)56(52-64)73-62/h12,15,23,28,31-32,39,43-44,48,54-56,59-62,64-65,68-70H,3-11,13-14,16-22,24-27,29-30,33-38,40-42,45-47,49-53H2,1-2H3,(H,63,66)/b23-15-,31-28-,32-12+,43-39-,48-44+. The predicted octanol–water partition coefficient (Wildman–Crippen LogP) is 13.8. The second kappa shape index (κ2) is 51.5. The number of nitrogens with one attached hydrogen (secondary N) is 1. The molecule has 0 aromatic carbocycles. The molecule has 7 atom stereocenters. The second-order valence-corrected chi connectivity index (χ2v) is 20.7. The van der Waals surface area contributed by atoms with E-state index in [4.69, 9.17) is 14.2 Å². The minimum atomic E-state index is -1.58. The van der Waals surface area contributed by atoms with Crippen molar-refractivity contribution in [1.29, 1.82) is 0 Å². The van der Waals surface area contributed by atoms with Crippen LogP contribution in [0.3, 0.4) is 0 Å². The summed E-state index contributed by atoms with van der Waals surface area (Å²) in [6.45, 7) is 4.15. The summed E-state index contributed by atoms with van der Waals surface area (Å²) in [5, 5.41) is 54.1. The second-order valence-electron chi connectivity index (χ2n) is 20.7. The summed E-state index contributed by atoms with van der Waals surface area (Å²) in [6.07, 6.45) is 56.4. The van der Waals surface area contributed by atoms with Crippen LogP contribution in [0.25, 0.3) is 0 Å². The highest BCUT2D eigenvalue weighted by Crippen LogP contribution is 2.23. The number of aliphatic hydroxyl groups excluding tert-OH is 5. The maximum absolute atomic E-state index is 13.0. The van der Waals surface area contributed by atoms with Gasteiger partial charge in [-0.2, -0.15) is 0 Å². The van der Waals surface area contributed by atoms with Gasteiger partial charge in [-0.05, 0) is 89.9 Å². The average Bonchev–Trinajstić information content (AvgIpc) is 3.39. The molecule has 6 N–H and O–H groups in total. The molecule has 0 spiro atoms. The zero-order valence-electron chi connectivity index (χ0n) is 46.6. The lowest BCUT2D eigenvalue weighted by atomic mass is 9.99. The van der Waals surface area contributed by atoms with Gasteiger partial charge in [0.1, 0.15) is 24.4 Å². The van der Waals surface area contributed by atoms with Gasteiger partial charge in [-0.15, -0.1) is 0 Å². The average molecular weight is 1030 g/mol. The number of allylic oxidation sites excluding steroid dienone is 8. The Hall–Kier alpha value is -2.64. The first-order valence-corrected chi connectivity index (χ1v) is 30.1. The topological polar surface area (TPSA) is 175 Å². The molecule has 7 unspecified atom stereocenters. The summed E-state index contributed by atoms with van der Waals surface area (Å²) in [5.74, 6) is -0.258. The molecule has 424 valence electrons. The van der Waals surface area contributed by atoms with Crippen LogP contribution in [-0.2, 0) is 23.8 Å². The van der Waals surface area contributed by atoms with E-state index < -0.39 is 49.5 Å². The Morgan fingerprint density at radius 1 is 0.507 bits per heavy atom. The van der Waals surface area contributed by atoms with Crippen LogP contribution in [-0.4, -0.2) is 100 Å². The number of hydrogen-bond acceptors (Lipinski definition) is 10. The van der Waals surface area contributed by atoms with Gasteiger partial charge in [0.05, 0.1) is 32.0 Å². The van der Waals surface area contributed by atoms with Crippen LogP contribution in [0.2, 0.25) is 0 Å². The van der Waals surface area contributed by atoms with Crippen molar-refractivity contribution >= 4 is 11.9 Å². The maximum Gasteiger partial charge on any atom is 0.305 e. The van der Waals surface area contributed by atoms with Gasteiger partial charge in [-0.1, -0.05) is 216 Å². The third-order valence-corrected chi connectivity index (χ3v) is 13.8. The molecule has 1 saturated heterocycles. The lowest BCUT2D eigenvalue weighted by molar-refractivity contribution is -0.302. The van der Waals surface area contributed by atoms with Gasteiger partial charge in [0.2, 0.25) is 5.91 Å². The Bertz CT molecular complexity index is 1400. The predicted molar refractivity (Wildman–Crippen MR) is 301 cm³/mol. The summed E-state index contributed by atoms with van der Waals surface area (Å²) < 4.78 is 16.6. The molecular formula is C62H111NO10. The number of hydrogen-bond donors (Lipinski definition) is 6. The normalized spacial score (nSPS) is 19.4. The molecule has 1 heterocycles. The summed E-state index contributed by atoms with van der Waals surface area (Å²) in [6, 6.07) is -0.831. The maximum atomic E-state index is 13.0. The van der Waals surface area contributed by atoms with Crippen LogP contribution < -0.4 is 5.32 Å². The number of carbonyl (C=O) groups excluding carboxylic acids is 2. The van der Waals surface area contributed by atoms with Crippen molar-refractivity contribution in [2.24, 2.45) is 0 Å². The Labute approximate surface area is 446 Å². The van der Waals surface area contributed by atoms with E-state index in [1.54, 1.807) is 6.08 Å². The fraction of sp³-hybridized carbons (Fsp3) is 0.806. The Balaban J connectivity index is 2.03.